The SMILES string of the molecule is CCCCC.CCCCC(=O)C(C)C.CCCCC(=O)C(C)NC(=O)C(C)CC(=O)C(C)C.CCCNC(=O)C(C)CC(=O)C(C)C.CCCNC(=O)C(C)CC(=O)C(C)NC(=O)C(C)CC(=O)C(C)C. The highest BCUT2D eigenvalue weighted by Gasteiger charge is 2.26. The monoisotopic (exact) mass is 1010 g/mol. The Balaban J connectivity index is -0.000000276. The largest absolute Gasteiger partial charge is 0.356 e. The van der Waals surface area contributed by atoms with E-state index in [1.54, 1.807) is 55.4 Å². The molecule has 0 aliphatic heterocycles. The molecule has 0 rings (SSSR count). The van der Waals surface area contributed by atoms with Crippen molar-refractivity contribution in [1.82, 2.24) is 21.3 Å². The Morgan fingerprint density at radius 3 is 0.803 bits per heavy atom. The summed E-state index contributed by atoms with van der Waals surface area (Å²) in [5.41, 5.74) is 0. The minimum atomic E-state index is -0.671. The van der Waals surface area contributed by atoms with Gasteiger partial charge in [-0.25, -0.2) is 0 Å². The highest BCUT2D eigenvalue weighted by molar-refractivity contribution is 5.94. The number of rotatable bonds is 32. The van der Waals surface area contributed by atoms with Crippen LogP contribution >= 0.6 is 0 Å². The van der Waals surface area contributed by atoms with Crippen molar-refractivity contribution in [2.75, 3.05) is 13.1 Å². The summed E-state index contributed by atoms with van der Waals surface area (Å²) in [7, 11) is 0. The Morgan fingerprint density at radius 1 is 0.296 bits per heavy atom. The molecule has 0 aromatic carbocycles. The van der Waals surface area contributed by atoms with Crippen LogP contribution in [0.2, 0.25) is 0 Å². The Labute approximate surface area is 433 Å². The molecule has 0 fully saturated rings. The molecule has 0 aromatic rings. The average molecular weight is 1010 g/mol. The van der Waals surface area contributed by atoms with E-state index in [9.17, 15) is 47.9 Å². The Hall–Kier alpha value is -4.10. The van der Waals surface area contributed by atoms with Gasteiger partial charge in [0, 0.05) is 99.0 Å². The van der Waals surface area contributed by atoms with Crippen LogP contribution in [0.5, 0.6) is 0 Å². The van der Waals surface area contributed by atoms with Gasteiger partial charge in [-0.1, -0.05) is 157 Å². The van der Waals surface area contributed by atoms with Crippen molar-refractivity contribution < 1.29 is 47.9 Å². The molecule has 0 radical (unpaired) electrons. The molecule has 6 unspecified atom stereocenters. The van der Waals surface area contributed by atoms with Crippen LogP contribution in [0.25, 0.3) is 0 Å². The molecule has 4 amide bonds. The van der Waals surface area contributed by atoms with Crippen molar-refractivity contribution in [1.29, 1.82) is 0 Å². The first-order chi connectivity index (χ1) is 33.0. The Morgan fingerprint density at radius 2 is 0.549 bits per heavy atom. The maximum Gasteiger partial charge on any atom is 0.223 e. The third kappa shape index (κ3) is 44.3. The molecule has 4 N–H and O–H groups in total. The van der Waals surface area contributed by atoms with Crippen LogP contribution in [0, 0.1) is 47.3 Å². The molecule has 0 saturated heterocycles. The predicted molar refractivity (Wildman–Crippen MR) is 291 cm³/mol. The van der Waals surface area contributed by atoms with Crippen LogP contribution in [-0.2, 0) is 47.9 Å². The van der Waals surface area contributed by atoms with Gasteiger partial charge in [-0.2, -0.15) is 0 Å². The standard InChI is InChI=1S/C18H32N2O4.C15H27NO3.C11H21NO2.C8H16O.C5H12/c1-7-8-19-17(23)12(4)10-16(22)14(6)20-18(24)13(5)9-15(21)11(2)3;1-6-7-8-13(17)12(5)16-15(19)11(4)9-14(18)10(2)3;1-5-6-12-11(14)9(4)7-10(13)8(2)3;1-4-5-6-8(9)7(2)3;1-3-5-4-2/h11-14H,7-10H2,1-6H3,(H,19,23)(H,20,24);10-12H,6-9H2,1-5H3,(H,16,19);8-9H,5-7H2,1-4H3,(H,12,14);7H,4-6H2,1-3H3;3-5H2,1-2H3. The van der Waals surface area contributed by atoms with Gasteiger partial charge in [-0.15, -0.1) is 0 Å². The number of Topliss-reactive ketones (excluding diaryl/α,β-unsaturated/α-hetero) is 6. The summed E-state index contributed by atoms with van der Waals surface area (Å²) in [5.74, 6) is -1.56. The molecule has 6 atom stereocenters. The summed E-state index contributed by atoms with van der Waals surface area (Å²) in [6, 6.07) is -1.13. The summed E-state index contributed by atoms with van der Waals surface area (Å²) in [5, 5.41) is 10.9. The van der Waals surface area contributed by atoms with Crippen molar-refractivity contribution in [3.63, 3.8) is 0 Å². The van der Waals surface area contributed by atoms with E-state index in [-0.39, 0.29) is 107 Å². The molecular formula is C57H108N4O10. The van der Waals surface area contributed by atoms with E-state index in [4.69, 9.17) is 0 Å². The number of hydrogen-bond acceptors (Lipinski definition) is 10. The Kier molecular flexibility index (Phi) is 50.1. The number of carbonyl (C=O) groups is 10. The summed E-state index contributed by atoms with van der Waals surface area (Å²) < 4.78 is 0. The molecule has 14 nitrogen and oxygen atoms in total. The van der Waals surface area contributed by atoms with E-state index in [1.807, 2.05) is 62.3 Å². The first-order valence-corrected chi connectivity index (χ1v) is 27.3. The number of unbranched alkanes of at least 4 members (excludes halogenated alkanes) is 4. The zero-order valence-corrected chi connectivity index (χ0v) is 48.9. The molecule has 416 valence electrons. The lowest BCUT2D eigenvalue weighted by molar-refractivity contribution is -0.133. The molecular weight excluding hydrogens is 901 g/mol. The van der Waals surface area contributed by atoms with Crippen molar-refractivity contribution in [2.24, 2.45) is 47.3 Å². The van der Waals surface area contributed by atoms with Gasteiger partial charge < -0.3 is 21.3 Å². The molecule has 0 aliphatic rings. The van der Waals surface area contributed by atoms with Gasteiger partial charge in [0.25, 0.3) is 0 Å². The van der Waals surface area contributed by atoms with Crippen LogP contribution in [0.4, 0.5) is 0 Å². The number of carbonyl (C=O) groups excluding carboxylic acids is 10. The van der Waals surface area contributed by atoms with Crippen molar-refractivity contribution in [3.8, 4) is 0 Å². The average Bonchev–Trinajstić information content (AvgIpc) is 3.31. The summed E-state index contributed by atoms with van der Waals surface area (Å²) >= 11 is 0. The second-order valence-corrected chi connectivity index (χ2v) is 20.4. The van der Waals surface area contributed by atoms with E-state index < -0.39 is 23.9 Å². The number of ketones is 6. The van der Waals surface area contributed by atoms with Crippen LogP contribution in [0.3, 0.4) is 0 Å². The van der Waals surface area contributed by atoms with E-state index in [2.05, 4.69) is 42.0 Å². The van der Waals surface area contributed by atoms with Crippen molar-refractivity contribution in [2.45, 2.75) is 247 Å². The fourth-order valence-electron chi connectivity index (χ4n) is 5.74. The molecule has 0 spiro atoms. The molecule has 0 aliphatic carbocycles. The van der Waals surface area contributed by atoms with Crippen LogP contribution in [0.1, 0.15) is 235 Å². The first kappa shape index (κ1) is 75.8. The third-order valence-electron chi connectivity index (χ3n) is 11.4. The first-order valence-electron chi connectivity index (χ1n) is 27.3. The highest BCUT2D eigenvalue weighted by Crippen LogP contribution is 2.12. The molecule has 0 heterocycles. The zero-order chi connectivity index (χ0) is 56.4. The second-order valence-electron chi connectivity index (χ2n) is 20.4. The highest BCUT2D eigenvalue weighted by atomic mass is 16.2. The fourth-order valence-corrected chi connectivity index (χ4v) is 5.74. The second kappa shape index (κ2) is 46.9. The lowest BCUT2D eigenvalue weighted by atomic mass is 9.96. The van der Waals surface area contributed by atoms with Crippen molar-refractivity contribution in [3.05, 3.63) is 0 Å². The van der Waals surface area contributed by atoms with Gasteiger partial charge in [-0.3, -0.25) is 47.9 Å². The van der Waals surface area contributed by atoms with Crippen LogP contribution < -0.4 is 21.3 Å². The van der Waals surface area contributed by atoms with Gasteiger partial charge in [-0.05, 0) is 39.5 Å². The lowest BCUT2D eigenvalue weighted by Gasteiger charge is -2.18. The van der Waals surface area contributed by atoms with Crippen LogP contribution in [-0.4, -0.2) is 83.5 Å². The molecule has 0 bridgehead atoms. The summed E-state index contributed by atoms with van der Waals surface area (Å²) in [6.07, 6.45) is 11.9. The number of amides is 4. The summed E-state index contributed by atoms with van der Waals surface area (Å²) in [4.78, 5) is 117. The van der Waals surface area contributed by atoms with Gasteiger partial charge in [0.2, 0.25) is 23.6 Å². The van der Waals surface area contributed by atoms with Gasteiger partial charge in [0.05, 0.1) is 12.1 Å². The van der Waals surface area contributed by atoms with E-state index in [0.29, 0.717) is 31.7 Å². The lowest BCUT2D eigenvalue weighted by Crippen LogP contribution is -2.43. The van der Waals surface area contributed by atoms with Gasteiger partial charge in [0.1, 0.15) is 23.1 Å². The molecule has 0 aromatic heterocycles. The smallest absolute Gasteiger partial charge is 0.223 e. The van der Waals surface area contributed by atoms with Crippen LogP contribution in [0.15, 0.2) is 0 Å². The quantitative estimate of drug-likeness (QED) is 0.0499. The van der Waals surface area contributed by atoms with E-state index in [1.165, 1.54) is 19.3 Å². The van der Waals surface area contributed by atoms with Crippen molar-refractivity contribution >= 4 is 58.3 Å². The molecule has 14 heteroatoms. The number of hydrogen-bond donors (Lipinski definition) is 4. The fraction of sp³-hybridized carbons (Fsp3) is 0.825. The molecule has 0 saturated carbocycles. The van der Waals surface area contributed by atoms with Gasteiger partial charge in [0.15, 0.2) is 11.6 Å². The third-order valence-corrected chi connectivity index (χ3v) is 11.4. The minimum Gasteiger partial charge on any atom is -0.356 e. The zero-order valence-electron chi connectivity index (χ0n) is 48.9. The normalized spacial score (nSPS) is 13.1. The molecule has 71 heavy (non-hydrogen) atoms. The topological polar surface area (TPSA) is 219 Å². The Bertz CT molecular complexity index is 1520. The van der Waals surface area contributed by atoms with E-state index in [0.717, 1.165) is 44.9 Å². The van der Waals surface area contributed by atoms with Gasteiger partial charge >= 0.3 is 0 Å². The minimum absolute atomic E-state index is 0.0131. The van der Waals surface area contributed by atoms with E-state index >= 15 is 0 Å². The predicted octanol–water partition coefficient (Wildman–Crippen LogP) is 10.7. The number of nitrogens with one attached hydrogen (secondary N) is 4. The maximum atomic E-state index is 12.2. The maximum absolute atomic E-state index is 12.2. The summed E-state index contributed by atoms with van der Waals surface area (Å²) in [6.45, 7) is 38.9.